The molecule has 0 spiro atoms. The number of hydrogen-bond acceptors (Lipinski definition) is 2. The molecule has 1 fully saturated rings. The molecule has 2 atom stereocenters. The second-order valence-corrected chi connectivity index (χ2v) is 3.49. The van der Waals surface area contributed by atoms with Gasteiger partial charge in [0.05, 0.1) is 5.92 Å². The smallest absolute Gasteiger partial charge is 0.306 e. The summed E-state index contributed by atoms with van der Waals surface area (Å²) >= 11 is 0. The van der Waals surface area contributed by atoms with E-state index in [9.17, 15) is 9.59 Å². The van der Waals surface area contributed by atoms with Crippen molar-refractivity contribution in [3.8, 4) is 12.3 Å². The number of rotatable bonds is 3. The Hall–Kier alpha value is -1.50. The van der Waals surface area contributed by atoms with Crippen LogP contribution in [0.4, 0.5) is 0 Å². The van der Waals surface area contributed by atoms with Crippen molar-refractivity contribution in [2.75, 3.05) is 6.54 Å². The summed E-state index contributed by atoms with van der Waals surface area (Å²) in [6.45, 7) is 0.375. The lowest BCUT2D eigenvalue weighted by atomic mass is 9.96. The monoisotopic (exact) mass is 195 g/mol. The Balaban J connectivity index is 2.41. The van der Waals surface area contributed by atoms with Crippen LogP contribution in [0.25, 0.3) is 0 Å². The zero-order valence-corrected chi connectivity index (χ0v) is 7.82. The molecule has 1 aliphatic rings. The highest BCUT2D eigenvalue weighted by atomic mass is 16.4. The lowest BCUT2D eigenvalue weighted by Crippen LogP contribution is -2.32. The second kappa shape index (κ2) is 4.66. The lowest BCUT2D eigenvalue weighted by molar-refractivity contribution is -0.143. The first kappa shape index (κ1) is 10.6. The molecule has 4 heteroatoms. The normalized spacial score (nSPS) is 25.4. The maximum absolute atomic E-state index is 10.8. The van der Waals surface area contributed by atoms with Crippen molar-refractivity contribution in [1.82, 2.24) is 5.32 Å². The highest BCUT2D eigenvalue weighted by Crippen LogP contribution is 2.31. The molecule has 4 nitrogen and oxygen atoms in total. The van der Waals surface area contributed by atoms with E-state index in [-0.39, 0.29) is 11.8 Å². The number of nitrogens with one attached hydrogen (secondary N) is 1. The van der Waals surface area contributed by atoms with Crippen molar-refractivity contribution in [1.29, 1.82) is 0 Å². The van der Waals surface area contributed by atoms with Crippen LogP contribution in [0.2, 0.25) is 0 Å². The van der Waals surface area contributed by atoms with Gasteiger partial charge in [0.15, 0.2) is 0 Å². The summed E-state index contributed by atoms with van der Waals surface area (Å²) in [5, 5.41) is 11.4. The maximum atomic E-state index is 10.8. The summed E-state index contributed by atoms with van der Waals surface area (Å²) in [7, 11) is 0. The number of terminal acetylenes is 1. The molecule has 76 valence electrons. The zero-order valence-electron chi connectivity index (χ0n) is 7.82. The van der Waals surface area contributed by atoms with Gasteiger partial charge in [-0.05, 0) is 24.7 Å². The van der Waals surface area contributed by atoms with Crippen LogP contribution >= 0.6 is 0 Å². The van der Waals surface area contributed by atoms with Gasteiger partial charge in [-0.2, -0.15) is 0 Å². The highest BCUT2D eigenvalue weighted by Gasteiger charge is 2.32. The van der Waals surface area contributed by atoms with Crippen molar-refractivity contribution >= 4 is 11.9 Å². The summed E-state index contributed by atoms with van der Waals surface area (Å²) in [6.07, 6.45) is 7.33. The molecular formula is C10H13NO3. The Morgan fingerprint density at radius 1 is 1.50 bits per heavy atom. The molecule has 0 radical (unpaired) electrons. The van der Waals surface area contributed by atoms with E-state index < -0.39 is 11.9 Å². The second-order valence-electron chi connectivity index (χ2n) is 3.49. The first-order chi connectivity index (χ1) is 6.65. The Kier molecular flexibility index (Phi) is 3.52. The number of hydrogen-bond donors (Lipinski definition) is 2. The summed E-state index contributed by atoms with van der Waals surface area (Å²) in [6, 6.07) is 0. The Morgan fingerprint density at radius 2 is 2.21 bits per heavy atom. The minimum absolute atomic E-state index is 0.0322. The molecule has 0 bridgehead atoms. The average Bonchev–Trinajstić information content (AvgIpc) is 2.62. The van der Waals surface area contributed by atoms with Gasteiger partial charge in [0.25, 0.3) is 5.91 Å². The van der Waals surface area contributed by atoms with Crippen molar-refractivity contribution < 1.29 is 14.7 Å². The third-order valence-electron chi connectivity index (χ3n) is 2.63. The Bertz CT molecular complexity index is 280. The van der Waals surface area contributed by atoms with Crippen molar-refractivity contribution in [3.63, 3.8) is 0 Å². The van der Waals surface area contributed by atoms with Gasteiger partial charge in [0, 0.05) is 6.54 Å². The van der Waals surface area contributed by atoms with Gasteiger partial charge in [0.2, 0.25) is 0 Å². The third-order valence-corrected chi connectivity index (χ3v) is 2.63. The number of carbonyl (C=O) groups is 2. The fourth-order valence-electron chi connectivity index (χ4n) is 1.88. The fourth-order valence-corrected chi connectivity index (χ4v) is 1.88. The van der Waals surface area contributed by atoms with E-state index >= 15 is 0 Å². The molecule has 0 unspecified atom stereocenters. The van der Waals surface area contributed by atoms with Crippen LogP contribution in [0, 0.1) is 24.2 Å². The molecular weight excluding hydrogens is 182 g/mol. The van der Waals surface area contributed by atoms with E-state index in [4.69, 9.17) is 11.5 Å². The SMILES string of the molecule is C#CC(=O)NC[C@H]1CCC[C@H]1C(=O)O. The molecule has 0 aromatic heterocycles. The maximum Gasteiger partial charge on any atom is 0.306 e. The van der Waals surface area contributed by atoms with Crippen molar-refractivity contribution in [2.45, 2.75) is 19.3 Å². The van der Waals surface area contributed by atoms with E-state index in [1.807, 2.05) is 5.92 Å². The quantitative estimate of drug-likeness (QED) is 0.634. The molecule has 0 aromatic rings. The van der Waals surface area contributed by atoms with Crippen LogP contribution < -0.4 is 5.32 Å². The van der Waals surface area contributed by atoms with E-state index in [0.29, 0.717) is 13.0 Å². The summed E-state index contributed by atoms with van der Waals surface area (Å²) in [5.41, 5.74) is 0. The highest BCUT2D eigenvalue weighted by molar-refractivity contribution is 5.92. The van der Waals surface area contributed by atoms with Gasteiger partial charge >= 0.3 is 5.97 Å². The fraction of sp³-hybridized carbons (Fsp3) is 0.600. The van der Waals surface area contributed by atoms with Gasteiger partial charge in [-0.15, -0.1) is 6.42 Å². The van der Waals surface area contributed by atoms with Crippen LogP contribution in [0.5, 0.6) is 0 Å². The van der Waals surface area contributed by atoms with Crippen LogP contribution in [0.3, 0.4) is 0 Å². The van der Waals surface area contributed by atoms with Gasteiger partial charge < -0.3 is 10.4 Å². The molecule has 1 aliphatic carbocycles. The summed E-state index contributed by atoms with van der Waals surface area (Å²) in [4.78, 5) is 21.5. The predicted octanol–water partition coefficient (Wildman–Crippen LogP) is 0.237. The Labute approximate surface area is 82.7 Å². The van der Waals surface area contributed by atoms with Gasteiger partial charge in [-0.25, -0.2) is 0 Å². The Morgan fingerprint density at radius 3 is 2.79 bits per heavy atom. The average molecular weight is 195 g/mol. The zero-order chi connectivity index (χ0) is 10.6. The van der Waals surface area contributed by atoms with Gasteiger partial charge in [-0.3, -0.25) is 9.59 Å². The van der Waals surface area contributed by atoms with E-state index in [2.05, 4.69) is 5.32 Å². The van der Waals surface area contributed by atoms with Gasteiger partial charge in [0.1, 0.15) is 0 Å². The number of carboxylic acids is 1. The first-order valence-corrected chi connectivity index (χ1v) is 4.62. The molecule has 0 saturated heterocycles. The van der Waals surface area contributed by atoms with E-state index in [1.165, 1.54) is 0 Å². The van der Waals surface area contributed by atoms with Crippen molar-refractivity contribution in [3.05, 3.63) is 0 Å². The first-order valence-electron chi connectivity index (χ1n) is 4.62. The largest absolute Gasteiger partial charge is 0.481 e. The number of carbonyl (C=O) groups excluding carboxylic acids is 1. The van der Waals surface area contributed by atoms with E-state index in [0.717, 1.165) is 12.8 Å². The van der Waals surface area contributed by atoms with Crippen LogP contribution in [-0.4, -0.2) is 23.5 Å². The molecule has 1 amide bonds. The minimum Gasteiger partial charge on any atom is -0.481 e. The molecule has 1 saturated carbocycles. The van der Waals surface area contributed by atoms with Gasteiger partial charge in [-0.1, -0.05) is 6.42 Å². The van der Waals surface area contributed by atoms with E-state index in [1.54, 1.807) is 0 Å². The molecule has 14 heavy (non-hydrogen) atoms. The van der Waals surface area contributed by atoms with Crippen LogP contribution in [0.1, 0.15) is 19.3 Å². The van der Waals surface area contributed by atoms with Crippen LogP contribution in [-0.2, 0) is 9.59 Å². The minimum atomic E-state index is -0.776. The van der Waals surface area contributed by atoms with Crippen LogP contribution in [0.15, 0.2) is 0 Å². The molecule has 0 aromatic carbocycles. The summed E-state index contributed by atoms with van der Waals surface area (Å²) in [5.74, 6) is 0.395. The standard InChI is InChI=1S/C10H13NO3/c1-2-9(12)11-6-7-4-3-5-8(7)10(13)14/h1,7-8H,3-6H2,(H,11,12)(H,13,14)/t7-,8-/m1/s1. The topological polar surface area (TPSA) is 66.4 Å². The molecule has 0 aliphatic heterocycles. The lowest BCUT2D eigenvalue weighted by Gasteiger charge is -2.14. The number of amides is 1. The predicted molar refractivity (Wildman–Crippen MR) is 50.3 cm³/mol. The third kappa shape index (κ3) is 2.49. The molecule has 0 heterocycles. The number of aliphatic carboxylic acids is 1. The van der Waals surface area contributed by atoms with Crippen molar-refractivity contribution in [2.24, 2.45) is 11.8 Å². The molecule has 1 rings (SSSR count). The molecule has 2 N–H and O–H groups in total. The summed E-state index contributed by atoms with van der Waals surface area (Å²) < 4.78 is 0. The number of carboxylic acid groups (broad SMARTS) is 1.